The first-order valence-electron chi connectivity index (χ1n) is 15.3. The Labute approximate surface area is 279 Å². The van der Waals surface area contributed by atoms with Crippen LogP contribution in [-0.2, 0) is 19.2 Å². The lowest BCUT2D eigenvalue weighted by Crippen LogP contribution is -2.39. The molecule has 0 radical (unpaired) electrons. The van der Waals surface area contributed by atoms with Crippen molar-refractivity contribution in [1.82, 2.24) is 0 Å². The number of ether oxygens (including phenoxy) is 2. The summed E-state index contributed by atoms with van der Waals surface area (Å²) in [5.41, 5.74) is 4.08. The first-order valence-corrected chi connectivity index (χ1v) is 16.1. The number of anilines is 1. The number of hydrogen-bond acceptors (Lipinski definition) is 7. The Morgan fingerprint density at radius 1 is 0.894 bits per heavy atom. The summed E-state index contributed by atoms with van der Waals surface area (Å²) < 4.78 is 11.0. The molecule has 1 N–H and O–H groups in total. The highest BCUT2D eigenvalue weighted by molar-refractivity contribution is 9.12. The van der Waals surface area contributed by atoms with Gasteiger partial charge in [0.05, 0.1) is 36.2 Å². The average Bonchev–Trinajstić information content (AvgIpc) is 3.34. The number of rotatable bonds is 6. The molecule has 4 unspecified atom stereocenters. The van der Waals surface area contributed by atoms with Crippen molar-refractivity contribution in [3.8, 4) is 17.2 Å². The van der Waals surface area contributed by atoms with Crippen LogP contribution >= 0.6 is 15.9 Å². The van der Waals surface area contributed by atoms with E-state index in [1.54, 1.807) is 50.6 Å². The lowest BCUT2D eigenvalue weighted by Gasteiger charge is -2.42. The van der Waals surface area contributed by atoms with E-state index in [-0.39, 0.29) is 40.0 Å². The monoisotopic (exact) mass is 691 g/mol. The third-order valence-corrected chi connectivity index (χ3v) is 10.2. The molecule has 0 aromatic heterocycles. The molecule has 0 bridgehead atoms. The number of imide groups is 1. The highest BCUT2D eigenvalue weighted by Crippen LogP contribution is 2.56. The summed E-state index contributed by atoms with van der Waals surface area (Å²) in [7, 11) is 3.20. The molecule has 3 aromatic rings. The van der Waals surface area contributed by atoms with Crippen LogP contribution in [0.2, 0.25) is 0 Å². The molecule has 1 heterocycles. The van der Waals surface area contributed by atoms with Gasteiger partial charge in [-0.05, 0) is 76.7 Å². The first-order chi connectivity index (χ1) is 22.7. The van der Waals surface area contributed by atoms with Gasteiger partial charge in [0, 0.05) is 34.3 Å². The average molecular weight is 693 g/mol. The Bertz CT molecular complexity index is 1990. The number of hydrogen-bond donors (Lipinski definition) is 1. The molecule has 47 heavy (non-hydrogen) atoms. The first kappa shape index (κ1) is 30.6. The highest BCUT2D eigenvalue weighted by atomic mass is 79.9. The maximum Gasteiger partial charge on any atom is 0.238 e. The highest BCUT2D eigenvalue weighted by Gasteiger charge is 2.56. The summed E-state index contributed by atoms with van der Waals surface area (Å²) in [6.07, 6.45) is 7.50. The molecule has 0 spiro atoms. The fourth-order valence-corrected chi connectivity index (χ4v) is 7.89. The number of nitrogens with zero attached hydrogens (tertiary/aromatic N) is 1. The summed E-state index contributed by atoms with van der Waals surface area (Å²) >= 11 is 3.24. The van der Waals surface area contributed by atoms with Crippen molar-refractivity contribution >= 4 is 57.2 Å². The van der Waals surface area contributed by atoms with Gasteiger partial charge in [-0.25, -0.2) is 0 Å². The Balaban J connectivity index is 1.20. The Morgan fingerprint density at radius 2 is 1.66 bits per heavy atom. The molecule has 236 valence electrons. The quantitative estimate of drug-likeness (QED) is 0.135. The van der Waals surface area contributed by atoms with Crippen LogP contribution in [0.15, 0.2) is 100 Å². The van der Waals surface area contributed by atoms with Crippen molar-refractivity contribution in [2.75, 3.05) is 19.1 Å². The van der Waals surface area contributed by atoms with Gasteiger partial charge >= 0.3 is 0 Å². The molecule has 9 heteroatoms. The van der Waals surface area contributed by atoms with Crippen molar-refractivity contribution in [3.63, 3.8) is 0 Å². The number of para-hydroxylation sites is 1. The number of carbonyl (C=O) groups is 4. The van der Waals surface area contributed by atoms with Gasteiger partial charge in [-0.2, -0.15) is 0 Å². The molecular formula is C38H30BrNO7. The van der Waals surface area contributed by atoms with Crippen LogP contribution in [-0.4, -0.2) is 42.7 Å². The number of phenolic OH excluding ortho intramolecular Hbond substituents is 1. The number of carbonyl (C=O) groups excluding carboxylic acids is 4. The number of Topliss-reactive ketones (excluding diaryl/α,β-unsaturated/α-hetero) is 1. The van der Waals surface area contributed by atoms with E-state index < -0.39 is 23.7 Å². The molecule has 2 amide bonds. The van der Waals surface area contributed by atoms with Crippen LogP contribution in [0.25, 0.3) is 12.2 Å². The number of halogens is 1. The number of amides is 2. The second-order valence-corrected chi connectivity index (χ2v) is 12.9. The molecule has 4 atom stereocenters. The second-order valence-electron chi connectivity index (χ2n) is 12.0. The van der Waals surface area contributed by atoms with Gasteiger partial charge in [0.25, 0.3) is 0 Å². The van der Waals surface area contributed by atoms with Crippen molar-refractivity contribution in [1.29, 1.82) is 0 Å². The van der Waals surface area contributed by atoms with Crippen LogP contribution in [0.1, 0.15) is 35.4 Å². The molecular weight excluding hydrogens is 662 g/mol. The fourth-order valence-electron chi connectivity index (χ4n) is 7.44. The zero-order valence-corrected chi connectivity index (χ0v) is 27.2. The Hall–Kier alpha value is -5.02. The van der Waals surface area contributed by atoms with Crippen LogP contribution in [0, 0.1) is 17.8 Å². The minimum atomic E-state index is -0.711. The van der Waals surface area contributed by atoms with Crippen molar-refractivity contribution in [2.24, 2.45) is 17.8 Å². The predicted molar refractivity (Wildman–Crippen MR) is 180 cm³/mol. The van der Waals surface area contributed by atoms with E-state index in [1.807, 2.05) is 48.6 Å². The van der Waals surface area contributed by atoms with Gasteiger partial charge in [-0.3, -0.25) is 24.1 Å². The van der Waals surface area contributed by atoms with Crippen LogP contribution in [0.3, 0.4) is 0 Å². The summed E-state index contributed by atoms with van der Waals surface area (Å²) in [5.74, 6) is -2.35. The van der Waals surface area contributed by atoms with Gasteiger partial charge in [0.15, 0.2) is 11.6 Å². The molecule has 0 saturated carbocycles. The van der Waals surface area contributed by atoms with E-state index in [1.165, 1.54) is 11.0 Å². The number of allylic oxidation sites excluding steroid dienone is 6. The van der Waals surface area contributed by atoms with Gasteiger partial charge < -0.3 is 14.6 Å². The van der Waals surface area contributed by atoms with Crippen molar-refractivity contribution in [3.05, 3.63) is 117 Å². The zero-order chi connectivity index (χ0) is 33.0. The van der Waals surface area contributed by atoms with Crippen molar-refractivity contribution < 1.29 is 33.8 Å². The van der Waals surface area contributed by atoms with E-state index in [0.717, 1.165) is 16.7 Å². The van der Waals surface area contributed by atoms with Gasteiger partial charge in [0.1, 0.15) is 17.2 Å². The molecule has 7 rings (SSSR count). The molecule has 1 aliphatic heterocycles. The van der Waals surface area contributed by atoms with E-state index in [4.69, 9.17) is 9.47 Å². The van der Waals surface area contributed by atoms with Crippen molar-refractivity contribution in [2.45, 2.75) is 18.8 Å². The fraction of sp³-hybridized carbons (Fsp3) is 0.211. The maximum atomic E-state index is 14.2. The summed E-state index contributed by atoms with van der Waals surface area (Å²) in [5, 5.41) is 10.9. The molecule has 4 aliphatic rings. The minimum absolute atomic E-state index is 0.00340. The van der Waals surface area contributed by atoms with Gasteiger partial charge in [0.2, 0.25) is 11.8 Å². The lowest BCUT2D eigenvalue weighted by molar-refractivity contribution is -0.123. The van der Waals surface area contributed by atoms with Crippen LogP contribution in [0.4, 0.5) is 5.69 Å². The maximum absolute atomic E-state index is 14.2. The second kappa shape index (κ2) is 12.0. The van der Waals surface area contributed by atoms with E-state index >= 15 is 0 Å². The number of aromatic hydroxyl groups is 1. The SMILES string of the molecule is COc1ccc(OC)c(C=Cc2ccc(N3C(=O)C4CC=C5C(c6ccccc6O)C6=C(CC5C4C3=O)C(=O)C(Br)=CC6=O)cc2)c1. The number of benzene rings is 3. The molecule has 1 saturated heterocycles. The minimum Gasteiger partial charge on any atom is -0.508 e. The number of ketones is 2. The van der Waals surface area contributed by atoms with Gasteiger partial charge in [-0.15, -0.1) is 0 Å². The largest absolute Gasteiger partial charge is 0.508 e. The Kier molecular flexibility index (Phi) is 7.80. The molecule has 1 fully saturated rings. The third kappa shape index (κ3) is 5.06. The lowest BCUT2D eigenvalue weighted by atomic mass is 9.59. The van der Waals surface area contributed by atoms with E-state index in [9.17, 15) is 24.3 Å². The topological polar surface area (TPSA) is 110 Å². The van der Waals surface area contributed by atoms with E-state index in [2.05, 4.69) is 15.9 Å². The van der Waals surface area contributed by atoms with Gasteiger partial charge in [-0.1, -0.05) is 54.1 Å². The van der Waals surface area contributed by atoms with Crippen LogP contribution < -0.4 is 14.4 Å². The molecule has 3 aliphatic carbocycles. The smallest absolute Gasteiger partial charge is 0.238 e. The molecule has 8 nitrogen and oxygen atoms in total. The van der Waals surface area contributed by atoms with E-state index in [0.29, 0.717) is 40.3 Å². The third-order valence-electron chi connectivity index (χ3n) is 9.62. The predicted octanol–water partition coefficient (Wildman–Crippen LogP) is 6.55. The zero-order valence-electron chi connectivity index (χ0n) is 25.6. The summed E-state index contributed by atoms with van der Waals surface area (Å²) in [4.78, 5) is 56.1. The normalized spacial score (nSPS) is 23.8. The number of fused-ring (bicyclic) bond motifs is 3. The summed E-state index contributed by atoms with van der Waals surface area (Å²) in [6.45, 7) is 0. The Morgan fingerprint density at radius 3 is 2.38 bits per heavy atom. The molecule has 3 aromatic carbocycles. The summed E-state index contributed by atoms with van der Waals surface area (Å²) in [6, 6.07) is 19.4. The van der Waals surface area contributed by atoms with Crippen LogP contribution in [0.5, 0.6) is 17.2 Å². The number of phenols is 1. The standard InChI is InChI=1S/C38H30BrNO7/c1-46-23-13-16-32(47-2)21(17-23)10-7-20-8-11-22(12-9-20)40-37(44)26-15-14-24-27(34(26)38(40)45)18-28-35(31(42)19-29(39)36(28)43)33(24)25-5-3-4-6-30(25)41/h3-14,16-17,19,26-27,33-34,41H,15,18H2,1-2H3. The number of methoxy groups -OCH3 is 2.